The molecule has 5 heteroatoms. The second-order valence-electron chi connectivity index (χ2n) is 8.92. The van der Waals surface area contributed by atoms with E-state index in [1.165, 1.54) is 5.56 Å². The van der Waals surface area contributed by atoms with Gasteiger partial charge in [-0.05, 0) is 68.5 Å². The Morgan fingerprint density at radius 2 is 1.79 bits per heavy atom. The third kappa shape index (κ3) is 4.56. The summed E-state index contributed by atoms with van der Waals surface area (Å²) >= 11 is 0. The van der Waals surface area contributed by atoms with Crippen molar-refractivity contribution in [3.8, 4) is 0 Å². The van der Waals surface area contributed by atoms with Crippen molar-refractivity contribution in [2.75, 3.05) is 31.1 Å². The Morgan fingerprint density at radius 3 is 2.57 bits per heavy atom. The molecule has 0 bridgehead atoms. The molecule has 1 atom stereocenters. The molecule has 0 radical (unpaired) electrons. The van der Waals surface area contributed by atoms with Crippen LogP contribution in [0.5, 0.6) is 0 Å². The molecule has 4 rings (SSSR count). The molecule has 1 amide bonds. The minimum atomic E-state index is -2.43. The van der Waals surface area contributed by atoms with Crippen molar-refractivity contribution in [3.05, 3.63) is 29.8 Å². The lowest BCUT2D eigenvalue weighted by molar-refractivity contribution is -0.119. The molecule has 0 aromatic heterocycles. The fourth-order valence-electron chi connectivity index (χ4n) is 5.31. The number of carbonyl (C=O) groups excluding carboxylic acids is 1. The van der Waals surface area contributed by atoms with Crippen LogP contribution in [0.4, 0.5) is 14.5 Å². The van der Waals surface area contributed by atoms with Crippen LogP contribution in [-0.2, 0) is 11.2 Å². The third-order valence-corrected chi connectivity index (χ3v) is 7.04. The maximum absolute atomic E-state index is 13.4. The Bertz CT molecular complexity index is 683. The second kappa shape index (κ2) is 8.48. The highest BCUT2D eigenvalue weighted by atomic mass is 19.3. The van der Waals surface area contributed by atoms with Crippen LogP contribution in [-0.4, -0.2) is 42.9 Å². The highest BCUT2D eigenvalue weighted by Crippen LogP contribution is 2.41. The van der Waals surface area contributed by atoms with Gasteiger partial charge in [0, 0.05) is 44.6 Å². The summed E-state index contributed by atoms with van der Waals surface area (Å²) in [5.74, 6) is -1.13. The van der Waals surface area contributed by atoms with E-state index in [1.54, 1.807) is 0 Å². The third-order valence-electron chi connectivity index (χ3n) is 7.04. The lowest BCUT2D eigenvalue weighted by atomic mass is 9.78. The Kier molecular flexibility index (Phi) is 6.00. The number of hydrogen-bond donors (Lipinski definition) is 0. The van der Waals surface area contributed by atoms with Crippen molar-refractivity contribution < 1.29 is 13.6 Å². The normalized spacial score (nSPS) is 26.7. The number of alkyl halides is 2. The fraction of sp³-hybridized carbons (Fsp3) is 0.696. The standard InChI is InChI=1S/C23H32F2N2O/c24-23(25)12-8-18(9-13-23)20-11-16-26(17-20)15-10-19-5-1-2-6-21(19)27-14-4-3-7-22(27)28/h1-2,5-6,18,20H,3-4,7-17H2. The summed E-state index contributed by atoms with van der Waals surface area (Å²) in [6.45, 7) is 3.93. The molecule has 1 saturated carbocycles. The van der Waals surface area contributed by atoms with Crippen molar-refractivity contribution in [1.29, 1.82) is 0 Å². The summed E-state index contributed by atoms with van der Waals surface area (Å²) < 4.78 is 26.9. The maximum Gasteiger partial charge on any atom is 0.248 e. The van der Waals surface area contributed by atoms with Crippen molar-refractivity contribution in [2.45, 2.75) is 63.7 Å². The van der Waals surface area contributed by atoms with Crippen molar-refractivity contribution in [1.82, 2.24) is 4.90 Å². The monoisotopic (exact) mass is 390 g/mol. The first-order valence-electron chi connectivity index (χ1n) is 11.0. The SMILES string of the molecule is O=C1CCCCN1c1ccccc1CCN1CCC(C2CCC(F)(F)CC2)C1. The summed E-state index contributed by atoms with van der Waals surface area (Å²) in [5.41, 5.74) is 2.33. The van der Waals surface area contributed by atoms with Gasteiger partial charge in [-0.25, -0.2) is 8.78 Å². The zero-order valence-electron chi connectivity index (χ0n) is 16.7. The number of anilines is 1. The zero-order valence-corrected chi connectivity index (χ0v) is 16.7. The second-order valence-corrected chi connectivity index (χ2v) is 8.92. The number of carbonyl (C=O) groups is 1. The number of piperidine rings is 1. The maximum atomic E-state index is 13.4. The topological polar surface area (TPSA) is 23.6 Å². The smallest absolute Gasteiger partial charge is 0.248 e. The van der Waals surface area contributed by atoms with Crippen LogP contribution in [0.3, 0.4) is 0 Å². The van der Waals surface area contributed by atoms with Crippen LogP contribution in [0.15, 0.2) is 24.3 Å². The van der Waals surface area contributed by atoms with E-state index in [0.717, 1.165) is 57.5 Å². The summed E-state index contributed by atoms with van der Waals surface area (Å²) in [4.78, 5) is 16.8. The molecule has 3 aliphatic rings. The first kappa shape index (κ1) is 19.8. The molecule has 1 aliphatic carbocycles. The summed E-state index contributed by atoms with van der Waals surface area (Å²) in [7, 11) is 0. The summed E-state index contributed by atoms with van der Waals surface area (Å²) in [6.07, 6.45) is 6.34. The first-order chi connectivity index (χ1) is 13.5. The van der Waals surface area contributed by atoms with E-state index in [1.807, 2.05) is 11.0 Å². The van der Waals surface area contributed by atoms with Gasteiger partial charge in [0.1, 0.15) is 0 Å². The number of para-hydroxylation sites is 1. The Labute approximate surface area is 167 Å². The summed E-state index contributed by atoms with van der Waals surface area (Å²) in [5, 5.41) is 0. The molecule has 154 valence electrons. The Balaban J connectivity index is 1.32. The molecule has 1 aromatic carbocycles. The molecule has 3 fully saturated rings. The van der Waals surface area contributed by atoms with Gasteiger partial charge in [0.05, 0.1) is 0 Å². The van der Waals surface area contributed by atoms with Crippen molar-refractivity contribution >= 4 is 11.6 Å². The lowest BCUT2D eigenvalue weighted by Gasteiger charge is -2.32. The van der Waals surface area contributed by atoms with E-state index in [9.17, 15) is 13.6 Å². The number of rotatable bonds is 5. The number of hydrogen-bond acceptors (Lipinski definition) is 2. The van der Waals surface area contributed by atoms with Gasteiger partial charge in [-0.1, -0.05) is 18.2 Å². The molecule has 0 N–H and O–H groups in total. The van der Waals surface area contributed by atoms with Crippen LogP contribution < -0.4 is 4.90 Å². The highest BCUT2D eigenvalue weighted by molar-refractivity contribution is 5.94. The number of likely N-dealkylation sites (tertiary alicyclic amines) is 1. The average Bonchev–Trinajstić information content (AvgIpc) is 3.16. The van der Waals surface area contributed by atoms with Gasteiger partial charge in [0.2, 0.25) is 11.8 Å². The largest absolute Gasteiger partial charge is 0.312 e. The molecule has 2 heterocycles. The Hall–Kier alpha value is -1.49. The van der Waals surface area contributed by atoms with Crippen LogP contribution in [0, 0.1) is 11.8 Å². The van der Waals surface area contributed by atoms with E-state index in [0.29, 0.717) is 31.1 Å². The predicted octanol–water partition coefficient (Wildman–Crippen LogP) is 4.89. The van der Waals surface area contributed by atoms with Gasteiger partial charge in [-0.2, -0.15) is 0 Å². The molecule has 3 nitrogen and oxygen atoms in total. The summed E-state index contributed by atoms with van der Waals surface area (Å²) in [6, 6.07) is 8.30. The zero-order chi connectivity index (χ0) is 19.6. The Morgan fingerprint density at radius 1 is 1.00 bits per heavy atom. The molecule has 2 aliphatic heterocycles. The molecule has 28 heavy (non-hydrogen) atoms. The first-order valence-corrected chi connectivity index (χ1v) is 11.0. The van der Waals surface area contributed by atoms with E-state index in [4.69, 9.17) is 0 Å². The van der Waals surface area contributed by atoms with Crippen LogP contribution in [0.1, 0.15) is 56.9 Å². The quantitative estimate of drug-likeness (QED) is 0.714. The molecule has 1 aromatic rings. The van der Waals surface area contributed by atoms with Crippen molar-refractivity contribution in [3.63, 3.8) is 0 Å². The molecular weight excluding hydrogens is 358 g/mol. The molecule has 1 unspecified atom stereocenters. The fourth-order valence-corrected chi connectivity index (χ4v) is 5.31. The minimum absolute atomic E-state index is 0.0748. The average molecular weight is 391 g/mol. The lowest BCUT2D eigenvalue weighted by Crippen LogP contribution is -2.36. The number of halogens is 2. The van der Waals surface area contributed by atoms with E-state index < -0.39 is 5.92 Å². The predicted molar refractivity (Wildman–Crippen MR) is 108 cm³/mol. The van der Waals surface area contributed by atoms with Gasteiger partial charge in [-0.15, -0.1) is 0 Å². The van der Waals surface area contributed by atoms with Gasteiger partial charge in [0.15, 0.2) is 0 Å². The minimum Gasteiger partial charge on any atom is -0.312 e. The van der Waals surface area contributed by atoms with Gasteiger partial charge < -0.3 is 9.80 Å². The van der Waals surface area contributed by atoms with Gasteiger partial charge in [0.25, 0.3) is 0 Å². The van der Waals surface area contributed by atoms with E-state index in [2.05, 4.69) is 23.1 Å². The van der Waals surface area contributed by atoms with Crippen LogP contribution >= 0.6 is 0 Å². The number of benzene rings is 1. The van der Waals surface area contributed by atoms with Crippen molar-refractivity contribution in [2.24, 2.45) is 11.8 Å². The number of nitrogens with zero attached hydrogens (tertiary/aromatic N) is 2. The van der Waals surface area contributed by atoms with Crippen LogP contribution in [0.2, 0.25) is 0 Å². The molecule has 0 spiro atoms. The van der Waals surface area contributed by atoms with Gasteiger partial charge in [-0.3, -0.25) is 4.79 Å². The molecule has 2 saturated heterocycles. The highest BCUT2D eigenvalue weighted by Gasteiger charge is 2.39. The van der Waals surface area contributed by atoms with Crippen LogP contribution in [0.25, 0.3) is 0 Å². The number of amides is 1. The molecular formula is C23H32F2N2O. The van der Waals surface area contributed by atoms with Gasteiger partial charge >= 0.3 is 0 Å². The van der Waals surface area contributed by atoms with E-state index >= 15 is 0 Å². The van der Waals surface area contributed by atoms with E-state index in [-0.39, 0.29) is 18.7 Å².